The topological polar surface area (TPSA) is 174 Å². The number of hydrogen-bond donors (Lipinski definition) is 4. The van der Waals surface area contributed by atoms with Gasteiger partial charge >= 0.3 is 5.97 Å². The van der Waals surface area contributed by atoms with Crippen molar-refractivity contribution in [2.75, 3.05) is 6.61 Å². The molecule has 0 aliphatic heterocycles. The van der Waals surface area contributed by atoms with Crippen molar-refractivity contribution in [2.24, 2.45) is 16.5 Å². The Morgan fingerprint density at radius 2 is 1.86 bits per heavy atom. The van der Waals surface area contributed by atoms with Gasteiger partial charge < -0.3 is 21.3 Å². The third kappa shape index (κ3) is 8.92. The lowest BCUT2D eigenvalue weighted by atomic mass is 10.1. The van der Waals surface area contributed by atoms with Gasteiger partial charge in [0, 0.05) is 6.42 Å². The number of carbonyl (C=O) groups is 2. The van der Waals surface area contributed by atoms with E-state index in [1.54, 1.807) is 31.2 Å². The lowest BCUT2D eigenvalue weighted by Crippen LogP contribution is -2.45. The lowest BCUT2D eigenvalue weighted by Gasteiger charge is -2.18. The van der Waals surface area contributed by atoms with E-state index in [1.807, 2.05) is 0 Å². The number of carboxylic acid groups (broad SMARTS) is 1. The molecule has 0 heterocycles. The molecular formula is C18H28N4O6S. The van der Waals surface area contributed by atoms with Crippen molar-refractivity contribution in [3.63, 3.8) is 0 Å². The monoisotopic (exact) mass is 428 g/mol. The highest BCUT2D eigenvalue weighted by Gasteiger charge is 2.27. The summed E-state index contributed by atoms with van der Waals surface area (Å²) < 4.78 is 32.0. The summed E-state index contributed by atoms with van der Waals surface area (Å²) in [6.07, 6.45) is 0.950. The highest BCUT2D eigenvalue weighted by atomic mass is 32.2. The summed E-state index contributed by atoms with van der Waals surface area (Å²) in [4.78, 5) is 26.2. The van der Waals surface area contributed by atoms with Crippen LogP contribution in [0, 0.1) is 0 Å². The van der Waals surface area contributed by atoms with E-state index in [2.05, 4.69) is 9.71 Å². The van der Waals surface area contributed by atoms with Crippen LogP contribution in [-0.4, -0.2) is 49.3 Å². The number of nitrogens with one attached hydrogen (secondary N) is 1. The predicted octanol–water partition coefficient (Wildman–Crippen LogP) is 0.359. The Hall–Kier alpha value is -2.66. The minimum atomic E-state index is -3.72. The number of ether oxygens (including phenoxy) is 1. The fraction of sp³-hybridized carbons (Fsp3) is 0.500. The Morgan fingerprint density at radius 1 is 1.24 bits per heavy atom. The van der Waals surface area contributed by atoms with E-state index >= 15 is 0 Å². The molecule has 2 atom stereocenters. The molecular weight excluding hydrogens is 400 g/mol. The van der Waals surface area contributed by atoms with Crippen LogP contribution in [0.4, 0.5) is 0 Å². The Bertz CT molecular complexity index is 819. The number of hydrogen-bond acceptors (Lipinski definition) is 5. The molecule has 29 heavy (non-hydrogen) atoms. The molecule has 6 N–H and O–H groups in total. The molecule has 1 rings (SSSR count). The maximum absolute atomic E-state index is 12.1. The first-order chi connectivity index (χ1) is 13.5. The minimum absolute atomic E-state index is 0.00169. The summed E-state index contributed by atoms with van der Waals surface area (Å²) >= 11 is 0. The van der Waals surface area contributed by atoms with Gasteiger partial charge in [0.05, 0.1) is 11.9 Å². The van der Waals surface area contributed by atoms with E-state index in [4.69, 9.17) is 16.2 Å². The van der Waals surface area contributed by atoms with Crippen molar-refractivity contribution in [1.29, 1.82) is 0 Å². The van der Waals surface area contributed by atoms with Crippen LogP contribution in [0.25, 0.3) is 0 Å². The van der Waals surface area contributed by atoms with Crippen LogP contribution < -0.4 is 20.9 Å². The highest BCUT2D eigenvalue weighted by molar-refractivity contribution is 7.90. The van der Waals surface area contributed by atoms with Gasteiger partial charge in [0.2, 0.25) is 15.9 Å². The number of aliphatic imine (C=N–C) groups is 1. The van der Waals surface area contributed by atoms with Crippen LogP contribution in [0.1, 0.15) is 38.7 Å². The van der Waals surface area contributed by atoms with Crippen LogP contribution in [-0.2, 0) is 26.0 Å². The van der Waals surface area contributed by atoms with Gasteiger partial charge in [0.15, 0.2) is 5.96 Å². The lowest BCUT2D eigenvalue weighted by molar-refractivity contribution is -0.138. The Kier molecular flexibility index (Phi) is 9.56. The Morgan fingerprint density at radius 3 is 2.38 bits per heavy atom. The molecule has 1 aromatic rings. The van der Waals surface area contributed by atoms with Gasteiger partial charge in [-0.15, -0.1) is 0 Å². The fourth-order valence-corrected chi connectivity index (χ4v) is 3.54. The molecule has 0 aromatic heterocycles. The van der Waals surface area contributed by atoms with Crippen molar-refractivity contribution in [2.45, 2.75) is 50.8 Å². The average Bonchev–Trinajstić information content (AvgIpc) is 2.64. The first kappa shape index (κ1) is 24.4. The van der Waals surface area contributed by atoms with Gasteiger partial charge in [-0.05, 0) is 43.9 Å². The number of sulfonamides is 1. The van der Waals surface area contributed by atoms with Gasteiger partial charge in [0.25, 0.3) is 0 Å². The number of guanidine groups is 1. The van der Waals surface area contributed by atoms with E-state index in [9.17, 15) is 23.1 Å². The van der Waals surface area contributed by atoms with E-state index in [0.717, 1.165) is 0 Å². The van der Waals surface area contributed by atoms with Gasteiger partial charge in [-0.1, -0.05) is 19.1 Å². The zero-order chi connectivity index (χ0) is 22.0. The molecule has 1 aromatic carbocycles. The molecule has 11 heteroatoms. The number of amides is 1. The van der Waals surface area contributed by atoms with Crippen LogP contribution in [0.15, 0.2) is 29.3 Å². The third-order valence-electron chi connectivity index (χ3n) is 4.13. The Labute approximate surface area is 170 Å². The largest absolute Gasteiger partial charge is 0.494 e. The molecule has 0 radical (unpaired) electrons. The number of benzene rings is 1. The minimum Gasteiger partial charge on any atom is -0.494 e. The Balaban J connectivity index is 2.60. The van der Waals surface area contributed by atoms with E-state index in [-0.39, 0.29) is 25.4 Å². The van der Waals surface area contributed by atoms with E-state index < -0.39 is 33.2 Å². The number of aliphatic carboxylic acids is 1. The van der Waals surface area contributed by atoms with Crippen LogP contribution in [0.5, 0.6) is 5.75 Å². The predicted molar refractivity (Wildman–Crippen MR) is 109 cm³/mol. The highest BCUT2D eigenvalue weighted by Crippen LogP contribution is 2.15. The SMILES string of the molecule is CCC(C)S(=O)(=O)N[C@@H](Cc1ccc(OCCCC(=O)N=C(N)N)cc1)C(=O)O. The summed E-state index contributed by atoms with van der Waals surface area (Å²) in [7, 11) is -3.72. The number of nitrogens with two attached hydrogens (primary N) is 2. The molecule has 0 fully saturated rings. The number of carbonyl (C=O) groups excluding carboxylic acids is 1. The molecule has 0 spiro atoms. The number of rotatable bonds is 12. The van der Waals surface area contributed by atoms with Gasteiger partial charge in [-0.2, -0.15) is 4.99 Å². The van der Waals surface area contributed by atoms with Crippen molar-refractivity contribution in [1.82, 2.24) is 4.72 Å². The normalized spacial score (nSPS) is 13.3. The van der Waals surface area contributed by atoms with Crippen molar-refractivity contribution in [3.05, 3.63) is 29.8 Å². The molecule has 10 nitrogen and oxygen atoms in total. The third-order valence-corrected chi connectivity index (χ3v) is 6.14. The summed E-state index contributed by atoms with van der Waals surface area (Å²) in [6, 6.07) is 5.35. The molecule has 0 aliphatic carbocycles. The fourth-order valence-electron chi connectivity index (χ4n) is 2.28. The summed E-state index contributed by atoms with van der Waals surface area (Å²) in [5.41, 5.74) is 10.9. The van der Waals surface area contributed by atoms with Gasteiger partial charge in [-0.25, -0.2) is 13.1 Å². The van der Waals surface area contributed by atoms with E-state index in [1.165, 1.54) is 6.92 Å². The molecule has 0 saturated carbocycles. The zero-order valence-electron chi connectivity index (χ0n) is 16.5. The van der Waals surface area contributed by atoms with Crippen molar-refractivity contribution in [3.8, 4) is 5.75 Å². The second kappa shape index (κ2) is 11.4. The number of nitrogens with zero attached hydrogens (tertiary/aromatic N) is 1. The molecule has 0 bridgehead atoms. The quantitative estimate of drug-likeness (QED) is 0.210. The van der Waals surface area contributed by atoms with Gasteiger partial charge in [-0.3, -0.25) is 9.59 Å². The van der Waals surface area contributed by atoms with Crippen molar-refractivity contribution < 1.29 is 27.9 Å². The maximum Gasteiger partial charge on any atom is 0.322 e. The van der Waals surface area contributed by atoms with Gasteiger partial charge in [0.1, 0.15) is 11.8 Å². The van der Waals surface area contributed by atoms with E-state index in [0.29, 0.717) is 24.2 Å². The molecule has 162 valence electrons. The molecule has 1 amide bonds. The molecule has 0 saturated heterocycles. The standard InChI is InChI=1S/C18H28N4O6S/c1-3-12(2)29(26,27)22-15(17(24)25)11-13-6-8-14(9-7-13)28-10-4-5-16(23)21-18(19)20/h6-9,12,15,22H,3-5,10-11H2,1-2H3,(H,24,25)(H4,19,20,21,23)/t12?,15-/m0/s1. The summed E-state index contributed by atoms with van der Waals surface area (Å²) in [6.45, 7) is 3.52. The van der Waals surface area contributed by atoms with Crippen molar-refractivity contribution >= 4 is 27.9 Å². The zero-order valence-corrected chi connectivity index (χ0v) is 17.3. The smallest absolute Gasteiger partial charge is 0.322 e. The number of carboxylic acids is 1. The molecule has 0 aliphatic rings. The van der Waals surface area contributed by atoms with Crippen LogP contribution >= 0.6 is 0 Å². The van der Waals surface area contributed by atoms with Crippen LogP contribution in [0.3, 0.4) is 0 Å². The summed E-state index contributed by atoms with van der Waals surface area (Å²) in [5.74, 6) is -1.42. The first-order valence-corrected chi connectivity index (χ1v) is 10.7. The summed E-state index contributed by atoms with van der Waals surface area (Å²) in [5, 5.41) is 8.66. The average molecular weight is 429 g/mol. The second-order valence-electron chi connectivity index (χ2n) is 6.50. The van der Waals surface area contributed by atoms with Crippen LogP contribution in [0.2, 0.25) is 0 Å². The first-order valence-electron chi connectivity index (χ1n) is 9.13. The molecule has 1 unspecified atom stereocenters. The maximum atomic E-state index is 12.1. The second-order valence-corrected chi connectivity index (χ2v) is 8.63.